The molecule has 7 heteroatoms. The molecule has 21 heavy (non-hydrogen) atoms. The van der Waals surface area contributed by atoms with Crippen LogP contribution in [0.4, 0.5) is 0 Å². The minimum absolute atomic E-state index is 0.0183. The van der Waals surface area contributed by atoms with Crippen LogP contribution in [0.2, 0.25) is 5.02 Å². The van der Waals surface area contributed by atoms with Crippen molar-refractivity contribution in [1.82, 2.24) is 5.32 Å². The summed E-state index contributed by atoms with van der Waals surface area (Å²) in [6.45, 7) is 1.78. The molecule has 5 nitrogen and oxygen atoms in total. The Kier molecular flexibility index (Phi) is 4.28. The molecule has 0 radical (unpaired) electrons. The Morgan fingerprint density at radius 2 is 2.10 bits per heavy atom. The summed E-state index contributed by atoms with van der Waals surface area (Å²) in [6.07, 6.45) is 1.50. The number of nitrogens with one attached hydrogen (secondary N) is 1. The van der Waals surface area contributed by atoms with Gasteiger partial charge in [0.2, 0.25) is 0 Å². The van der Waals surface area contributed by atoms with Crippen molar-refractivity contribution in [3.63, 3.8) is 0 Å². The van der Waals surface area contributed by atoms with Gasteiger partial charge >= 0.3 is 0 Å². The van der Waals surface area contributed by atoms with Gasteiger partial charge in [-0.3, -0.25) is 0 Å². The fourth-order valence-corrected chi connectivity index (χ4v) is 4.60. The van der Waals surface area contributed by atoms with E-state index in [0.717, 1.165) is 12.0 Å². The third-order valence-electron chi connectivity index (χ3n) is 3.69. The van der Waals surface area contributed by atoms with E-state index < -0.39 is 9.84 Å². The summed E-state index contributed by atoms with van der Waals surface area (Å²) in [5, 5.41) is 3.80. The molecule has 0 aliphatic carbocycles. The van der Waals surface area contributed by atoms with Gasteiger partial charge in [-0.25, -0.2) is 8.42 Å². The SMILES string of the molecule is O=S1(=O)CC[C@H](NCc2cc(Cl)c3c(c2)OCCCO3)C1. The summed E-state index contributed by atoms with van der Waals surface area (Å²) < 4.78 is 34.1. The summed E-state index contributed by atoms with van der Waals surface area (Å²) in [5.74, 6) is 1.75. The van der Waals surface area contributed by atoms with E-state index in [-0.39, 0.29) is 17.5 Å². The van der Waals surface area contributed by atoms with Gasteiger partial charge in [0.15, 0.2) is 21.3 Å². The number of fused-ring (bicyclic) bond motifs is 1. The van der Waals surface area contributed by atoms with Gasteiger partial charge in [0.05, 0.1) is 29.7 Å². The molecule has 2 aliphatic heterocycles. The van der Waals surface area contributed by atoms with E-state index in [9.17, 15) is 8.42 Å². The molecule has 3 rings (SSSR count). The minimum Gasteiger partial charge on any atom is -0.489 e. The largest absolute Gasteiger partial charge is 0.489 e. The molecular formula is C14H18ClNO4S. The van der Waals surface area contributed by atoms with Crippen LogP contribution in [0.15, 0.2) is 12.1 Å². The lowest BCUT2D eigenvalue weighted by Crippen LogP contribution is -2.29. The lowest BCUT2D eigenvalue weighted by Gasteiger charge is -2.14. The van der Waals surface area contributed by atoms with Crippen molar-refractivity contribution in [1.29, 1.82) is 0 Å². The van der Waals surface area contributed by atoms with Crippen LogP contribution in [0, 0.1) is 0 Å². The molecule has 0 bridgehead atoms. The van der Waals surface area contributed by atoms with E-state index in [0.29, 0.717) is 42.7 Å². The molecule has 2 aliphatic rings. The standard InChI is InChI=1S/C14H18ClNO4S/c15-12-6-10(7-13-14(12)20-4-1-3-19-13)8-16-11-2-5-21(17,18)9-11/h6-7,11,16H,1-5,8-9H2/t11-/m0/s1. The van der Waals surface area contributed by atoms with Crippen molar-refractivity contribution in [3.8, 4) is 11.5 Å². The first kappa shape index (κ1) is 14.9. The molecule has 2 heterocycles. The maximum absolute atomic E-state index is 11.4. The maximum atomic E-state index is 11.4. The fraction of sp³-hybridized carbons (Fsp3) is 0.571. The third-order valence-corrected chi connectivity index (χ3v) is 5.74. The van der Waals surface area contributed by atoms with Crippen molar-refractivity contribution in [2.75, 3.05) is 24.7 Å². The van der Waals surface area contributed by atoms with Gasteiger partial charge in [-0.1, -0.05) is 11.6 Å². The predicted molar refractivity (Wildman–Crippen MR) is 81.0 cm³/mol. The molecule has 0 spiro atoms. The lowest BCUT2D eigenvalue weighted by molar-refractivity contribution is 0.297. The zero-order valence-electron chi connectivity index (χ0n) is 11.6. The second-order valence-electron chi connectivity index (χ2n) is 5.44. The number of rotatable bonds is 3. The maximum Gasteiger partial charge on any atom is 0.179 e. The van der Waals surface area contributed by atoms with Gasteiger partial charge in [-0.2, -0.15) is 0 Å². The van der Waals surface area contributed by atoms with Crippen LogP contribution in [-0.2, 0) is 16.4 Å². The summed E-state index contributed by atoms with van der Waals surface area (Å²) in [6, 6.07) is 3.76. The van der Waals surface area contributed by atoms with Crippen LogP contribution in [0.3, 0.4) is 0 Å². The molecule has 1 saturated heterocycles. The lowest BCUT2D eigenvalue weighted by atomic mass is 10.1. The molecule has 0 amide bonds. The number of sulfone groups is 1. The first-order chi connectivity index (χ1) is 10.0. The van der Waals surface area contributed by atoms with Crippen LogP contribution in [0.1, 0.15) is 18.4 Å². The highest BCUT2D eigenvalue weighted by Gasteiger charge is 2.27. The van der Waals surface area contributed by atoms with E-state index in [1.165, 1.54) is 0 Å². The Hall–Kier alpha value is -0.980. The zero-order valence-corrected chi connectivity index (χ0v) is 13.2. The van der Waals surface area contributed by atoms with Crippen molar-refractivity contribution >= 4 is 21.4 Å². The first-order valence-corrected chi connectivity index (χ1v) is 9.25. The quantitative estimate of drug-likeness (QED) is 0.914. The summed E-state index contributed by atoms with van der Waals surface area (Å²) in [4.78, 5) is 0. The number of hydrogen-bond donors (Lipinski definition) is 1. The van der Waals surface area contributed by atoms with E-state index in [2.05, 4.69) is 5.32 Å². The van der Waals surface area contributed by atoms with E-state index in [4.69, 9.17) is 21.1 Å². The van der Waals surface area contributed by atoms with Crippen LogP contribution in [0.5, 0.6) is 11.5 Å². The molecule has 1 fully saturated rings. The molecular weight excluding hydrogens is 314 g/mol. The smallest absolute Gasteiger partial charge is 0.179 e. The molecule has 0 aromatic heterocycles. The van der Waals surface area contributed by atoms with Crippen LogP contribution in [-0.4, -0.2) is 39.2 Å². The van der Waals surface area contributed by atoms with Crippen molar-refractivity contribution in [2.24, 2.45) is 0 Å². The first-order valence-electron chi connectivity index (χ1n) is 7.05. The second kappa shape index (κ2) is 6.02. The van der Waals surface area contributed by atoms with E-state index >= 15 is 0 Å². The van der Waals surface area contributed by atoms with Gasteiger partial charge < -0.3 is 14.8 Å². The van der Waals surface area contributed by atoms with Gasteiger partial charge in [0, 0.05) is 19.0 Å². The number of benzene rings is 1. The summed E-state index contributed by atoms with van der Waals surface area (Å²) >= 11 is 6.23. The predicted octanol–water partition coefficient (Wildman–Crippen LogP) is 1.78. The number of halogens is 1. The normalized spacial score (nSPS) is 23.8. The fourth-order valence-electron chi connectivity index (χ4n) is 2.60. The van der Waals surface area contributed by atoms with Crippen LogP contribution < -0.4 is 14.8 Å². The highest BCUT2D eigenvalue weighted by molar-refractivity contribution is 7.91. The molecule has 1 aromatic carbocycles. The van der Waals surface area contributed by atoms with Crippen molar-refractivity contribution in [3.05, 3.63) is 22.7 Å². The zero-order chi connectivity index (χ0) is 14.9. The molecule has 1 atom stereocenters. The monoisotopic (exact) mass is 331 g/mol. The van der Waals surface area contributed by atoms with E-state index in [1.54, 1.807) is 0 Å². The Morgan fingerprint density at radius 3 is 2.86 bits per heavy atom. The van der Waals surface area contributed by atoms with Gasteiger partial charge in [0.25, 0.3) is 0 Å². The number of hydrogen-bond acceptors (Lipinski definition) is 5. The van der Waals surface area contributed by atoms with Gasteiger partial charge in [0.1, 0.15) is 0 Å². The molecule has 0 saturated carbocycles. The highest BCUT2D eigenvalue weighted by atomic mass is 35.5. The Balaban J connectivity index is 1.69. The second-order valence-corrected chi connectivity index (χ2v) is 8.07. The van der Waals surface area contributed by atoms with Gasteiger partial charge in [-0.05, 0) is 24.1 Å². The Bertz CT molecular complexity index is 632. The third kappa shape index (κ3) is 3.62. The molecule has 1 N–H and O–H groups in total. The average Bonchev–Trinajstić information content (AvgIpc) is 2.63. The topological polar surface area (TPSA) is 64.6 Å². The van der Waals surface area contributed by atoms with Crippen LogP contribution >= 0.6 is 11.6 Å². The minimum atomic E-state index is -2.86. The molecule has 116 valence electrons. The van der Waals surface area contributed by atoms with Crippen LogP contribution in [0.25, 0.3) is 0 Å². The molecule has 0 unspecified atom stereocenters. The summed E-state index contributed by atoms with van der Waals surface area (Å²) in [7, 11) is -2.86. The number of ether oxygens (including phenoxy) is 2. The van der Waals surface area contributed by atoms with E-state index in [1.807, 2.05) is 12.1 Å². The Labute approximate surface area is 129 Å². The Morgan fingerprint density at radius 1 is 1.29 bits per heavy atom. The van der Waals surface area contributed by atoms with Gasteiger partial charge in [-0.15, -0.1) is 0 Å². The highest BCUT2D eigenvalue weighted by Crippen LogP contribution is 2.38. The average molecular weight is 332 g/mol. The summed E-state index contributed by atoms with van der Waals surface area (Å²) in [5.41, 5.74) is 0.966. The van der Waals surface area contributed by atoms with Crippen molar-refractivity contribution in [2.45, 2.75) is 25.4 Å². The molecule has 1 aromatic rings. The van der Waals surface area contributed by atoms with Crippen molar-refractivity contribution < 1.29 is 17.9 Å².